The van der Waals surface area contributed by atoms with E-state index in [1.54, 1.807) is 19.1 Å². The van der Waals surface area contributed by atoms with Gasteiger partial charge in [-0.05, 0) is 50.6 Å². The van der Waals surface area contributed by atoms with Gasteiger partial charge in [0.2, 0.25) is 0 Å². The lowest BCUT2D eigenvalue weighted by atomic mass is 10.2. The van der Waals surface area contributed by atoms with Crippen LogP contribution in [0.1, 0.15) is 25.3 Å². The van der Waals surface area contributed by atoms with Crippen molar-refractivity contribution >= 4 is 17.5 Å². The molecular weight excluding hydrogens is 285 g/mol. The number of likely N-dealkylation sites (N-methyl/N-ethyl adjacent to an activating group) is 1. The summed E-state index contributed by atoms with van der Waals surface area (Å²) in [4.78, 5) is 25.9. The zero-order valence-corrected chi connectivity index (χ0v) is 13.0. The molecule has 1 saturated heterocycles. The molecule has 0 spiro atoms. The van der Waals surface area contributed by atoms with Gasteiger partial charge in [-0.15, -0.1) is 0 Å². The van der Waals surface area contributed by atoms with Crippen LogP contribution in [0.5, 0.6) is 0 Å². The first-order valence-electron chi connectivity index (χ1n) is 7.60. The van der Waals surface area contributed by atoms with Gasteiger partial charge in [0.1, 0.15) is 5.82 Å². The van der Waals surface area contributed by atoms with Crippen molar-refractivity contribution in [2.24, 2.45) is 0 Å². The maximum atomic E-state index is 13.4. The quantitative estimate of drug-likeness (QED) is 0.832. The summed E-state index contributed by atoms with van der Waals surface area (Å²) in [6.07, 6.45) is 2.14. The molecule has 0 bridgehead atoms. The number of nitrogens with one attached hydrogen (secondary N) is 2. The van der Waals surface area contributed by atoms with Crippen LogP contribution in [0.15, 0.2) is 18.2 Å². The second kappa shape index (κ2) is 7.35. The smallest absolute Gasteiger partial charge is 0.313 e. The summed E-state index contributed by atoms with van der Waals surface area (Å²) in [6.45, 7) is 6.15. The summed E-state index contributed by atoms with van der Waals surface area (Å²) >= 11 is 0. The molecule has 6 heteroatoms. The van der Waals surface area contributed by atoms with Crippen LogP contribution in [0.2, 0.25) is 0 Å². The van der Waals surface area contributed by atoms with E-state index in [1.165, 1.54) is 6.07 Å². The number of likely N-dealkylation sites (tertiary alicyclic amines) is 1. The molecule has 0 aromatic heterocycles. The van der Waals surface area contributed by atoms with E-state index in [9.17, 15) is 14.0 Å². The Balaban J connectivity index is 1.84. The molecular formula is C16H22FN3O2. The number of benzene rings is 1. The molecule has 0 radical (unpaired) electrons. The lowest BCUT2D eigenvalue weighted by Crippen LogP contribution is -2.43. The second-order valence-electron chi connectivity index (χ2n) is 5.55. The average molecular weight is 307 g/mol. The fraction of sp³-hybridized carbons (Fsp3) is 0.500. The highest BCUT2D eigenvalue weighted by molar-refractivity contribution is 6.39. The van der Waals surface area contributed by atoms with Crippen LogP contribution < -0.4 is 10.6 Å². The third kappa shape index (κ3) is 4.04. The van der Waals surface area contributed by atoms with Crippen molar-refractivity contribution in [3.63, 3.8) is 0 Å². The SMILES string of the molecule is CCN1CCC[C@@H]1CNC(=O)C(=O)Nc1ccc(C)c(F)c1. The molecule has 120 valence electrons. The molecule has 5 nitrogen and oxygen atoms in total. The van der Waals surface area contributed by atoms with Crippen molar-refractivity contribution in [1.82, 2.24) is 10.2 Å². The molecule has 1 aliphatic heterocycles. The van der Waals surface area contributed by atoms with Crippen LogP contribution in [0.3, 0.4) is 0 Å². The van der Waals surface area contributed by atoms with E-state index in [1.807, 2.05) is 0 Å². The molecule has 0 aliphatic carbocycles. The number of anilines is 1. The Kier molecular flexibility index (Phi) is 5.49. The van der Waals surface area contributed by atoms with Gasteiger partial charge in [-0.3, -0.25) is 14.5 Å². The highest BCUT2D eigenvalue weighted by Crippen LogP contribution is 2.16. The standard InChI is InChI=1S/C16H22FN3O2/c1-3-20-8-4-5-13(20)10-18-15(21)16(22)19-12-7-6-11(2)14(17)9-12/h6-7,9,13H,3-5,8,10H2,1-2H3,(H,18,21)(H,19,22)/t13-/m1/s1. The number of amides is 2. The van der Waals surface area contributed by atoms with Gasteiger partial charge in [-0.1, -0.05) is 13.0 Å². The Labute approximate surface area is 129 Å². The first kappa shape index (κ1) is 16.4. The lowest BCUT2D eigenvalue weighted by molar-refractivity contribution is -0.136. The lowest BCUT2D eigenvalue weighted by Gasteiger charge is -2.22. The normalized spacial score (nSPS) is 18.2. The summed E-state index contributed by atoms with van der Waals surface area (Å²) < 4.78 is 13.4. The number of aryl methyl sites for hydroxylation is 1. The van der Waals surface area contributed by atoms with Crippen LogP contribution in [0, 0.1) is 12.7 Å². The van der Waals surface area contributed by atoms with E-state index >= 15 is 0 Å². The Hall–Kier alpha value is -1.95. The molecule has 0 saturated carbocycles. The fourth-order valence-electron chi connectivity index (χ4n) is 2.69. The molecule has 1 fully saturated rings. The monoisotopic (exact) mass is 307 g/mol. The zero-order chi connectivity index (χ0) is 16.1. The molecule has 0 unspecified atom stereocenters. The number of halogens is 1. The molecule has 1 aromatic rings. The summed E-state index contributed by atoms with van der Waals surface area (Å²) in [5.74, 6) is -1.88. The Morgan fingerprint density at radius 1 is 1.36 bits per heavy atom. The third-order valence-electron chi connectivity index (χ3n) is 4.04. The number of carbonyl (C=O) groups excluding carboxylic acids is 2. The summed E-state index contributed by atoms with van der Waals surface area (Å²) in [7, 11) is 0. The molecule has 1 aliphatic rings. The Bertz CT molecular complexity index is 562. The summed E-state index contributed by atoms with van der Waals surface area (Å²) in [6, 6.07) is 4.62. The maximum absolute atomic E-state index is 13.4. The Morgan fingerprint density at radius 3 is 2.82 bits per heavy atom. The van der Waals surface area contributed by atoms with E-state index in [0.717, 1.165) is 25.9 Å². The van der Waals surface area contributed by atoms with Crippen LogP contribution >= 0.6 is 0 Å². The zero-order valence-electron chi connectivity index (χ0n) is 13.0. The predicted molar refractivity (Wildman–Crippen MR) is 83.0 cm³/mol. The van der Waals surface area contributed by atoms with E-state index in [4.69, 9.17) is 0 Å². The van der Waals surface area contributed by atoms with Gasteiger partial charge in [0.15, 0.2) is 0 Å². The van der Waals surface area contributed by atoms with Crippen molar-refractivity contribution in [3.8, 4) is 0 Å². The van der Waals surface area contributed by atoms with Gasteiger partial charge in [0, 0.05) is 18.3 Å². The highest BCUT2D eigenvalue weighted by Gasteiger charge is 2.24. The molecule has 1 aromatic carbocycles. The second-order valence-corrected chi connectivity index (χ2v) is 5.55. The maximum Gasteiger partial charge on any atom is 0.313 e. The minimum absolute atomic E-state index is 0.277. The van der Waals surface area contributed by atoms with Crippen LogP contribution in [0.25, 0.3) is 0 Å². The van der Waals surface area contributed by atoms with E-state index in [0.29, 0.717) is 18.2 Å². The van der Waals surface area contributed by atoms with E-state index in [-0.39, 0.29) is 5.69 Å². The average Bonchev–Trinajstić information content (AvgIpc) is 2.96. The van der Waals surface area contributed by atoms with E-state index < -0.39 is 17.6 Å². The topological polar surface area (TPSA) is 61.4 Å². The number of nitrogens with zero attached hydrogens (tertiary/aromatic N) is 1. The van der Waals surface area contributed by atoms with E-state index in [2.05, 4.69) is 22.5 Å². The fourth-order valence-corrected chi connectivity index (χ4v) is 2.69. The van der Waals surface area contributed by atoms with Crippen molar-refractivity contribution in [1.29, 1.82) is 0 Å². The summed E-state index contributed by atoms with van der Waals surface area (Å²) in [5, 5.41) is 5.05. The first-order chi connectivity index (χ1) is 10.5. The van der Waals surface area contributed by atoms with Crippen molar-refractivity contribution < 1.29 is 14.0 Å². The number of rotatable bonds is 4. The van der Waals surface area contributed by atoms with Gasteiger partial charge >= 0.3 is 11.8 Å². The van der Waals surface area contributed by atoms with Crippen LogP contribution in [-0.2, 0) is 9.59 Å². The van der Waals surface area contributed by atoms with Gasteiger partial charge < -0.3 is 10.6 Å². The van der Waals surface area contributed by atoms with Crippen molar-refractivity contribution in [3.05, 3.63) is 29.6 Å². The van der Waals surface area contributed by atoms with Gasteiger partial charge in [-0.25, -0.2) is 4.39 Å². The molecule has 2 N–H and O–H groups in total. The molecule has 22 heavy (non-hydrogen) atoms. The predicted octanol–water partition coefficient (Wildman–Crippen LogP) is 1.67. The minimum Gasteiger partial charge on any atom is -0.346 e. The highest BCUT2D eigenvalue weighted by atomic mass is 19.1. The number of hydrogen-bond donors (Lipinski definition) is 2. The van der Waals surface area contributed by atoms with Crippen molar-refractivity contribution in [2.45, 2.75) is 32.7 Å². The molecule has 1 heterocycles. The van der Waals surface area contributed by atoms with Gasteiger partial charge in [0.05, 0.1) is 0 Å². The minimum atomic E-state index is -0.774. The van der Waals surface area contributed by atoms with Crippen LogP contribution in [-0.4, -0.2) is 42.4 Å². The third-order valence-corrected chi connectivity index (χ3v) is 4.04. The van der Waals surface area contributed by atoms with Crippen LogP contribution in [0.4, 0.5) is 10.1 Å². The molecule has 2 amide bonds. The number of hydrogen-bond acceptors (Lipinski definition) is 3. The van der Waals surface area contributed by atoms with Gasteiger partial charge in [-0.2, -0.15) is 0 Å². The molecule has 1 atom stereocenters. The number of carbonyl (C=O) groups is 2. The van der Waals surface area contributed by atoms with Gasteiger partial charge in [0.25, 0.3) is 0 Å². The molecule has 2 rings (SSSR count). The summed E-state index contributed by atoms with van der Waals surface area (Å²) in [5.41, 5.74) is 0.766. The van der Waals surface area contributed by atoms with Crippen molar-refractivity contribution in [2.75, 3.05) is 25.0 Å². The largest absolute Gasteiger partial charge is 0.346 e. The first-order valence-corrected chi connectivity index (χ1v) is 7.60. The Morgan fingerprint density at radius 2 is 2.14 bits per heavy atom.